The van der Waals surface area contributed by atoms with Crippen molar-refractivity contribution in [2.75, 3.05) is 7.05 Å². The zero-order valence-corrected chi connectivity index (χ0v) is 8.36. The van der Waals surface area contributed by atoms with E-state index in [1.54, 1.807) is 0 Å². The number of aromatic nitrogens is 1. The Morgan fingerprint density at radius 3 is 2.25 bits per heavy atom. The number of rotatable bonds is 2. The molecule has 0 fully saturated rings. The number of aryl methyl sites for hydroxylation is 2. The van der Waals surface area contributed by atoms with E-state index in [9.17, 15) is 0 Å². The molecule has 0 saturated carbocycles. The molecule has 12 heavy (non-hydrogen) atoms. The third kappa shape index (κ3) is 1.50. The summed E-state index contributed by atoms with van der Waals surface area (Å²) in [7, 11) is 1.91. The first-order chi connectivity index (χ1) is 5.47. The van der Waals surface area contributed by atoms with Gasteiger partial charge < -0.3 is 9.73 Å². The highest BCUT2D eigenvalue weighted by atomic mass is 16.4. The Morgan fingerprint density at radius 2 is 1.92 bits per heavy atom. The van der Waals surface area contributed by atoms with Gasteiger partial charge in [-0.1, -0.05) is 0 Å². The first-order valence-electron chi connectivity index (χ1n) is 4.11. The average Bonchev–Trinajstić information content (AvgIpc) is 2.31. The van der Waals surface area contributed by atoms with Crippen molar-refractivity contribution in [3.8, 4) is 0 Å². The minimum Gasteiger partial charge on any atom is -0.444 e. The number of hydrogen-bond donors (Lipinski definition) is 1. The maximum Gasteiger partial charge on any atom is 0.191 e. The van der Waals surface area contributed by atoms with Crippen LogP contribution in [0.5, 0.6) is 0 Å². The van der Waals surface area contributed by atoms with Crippen molar-refractivity contribution in [3.05, 3.63) is 17.3 Å². The molecule has 1 N–H and O–H groups in total. The molecule has 1 aromatic rings. The second-order valence-corrected chi connectivity index (χ2v) is 3.52. The van der Waals surface area contributed by atoms with Gasteiger partial charge >= 0.3 is 0 Å². The Balaban J connectivity index is 3.09. The van der Waals surface area contributed by atoms with Crippen molar-refractivity contribution in [1.29, 1.82) is 0 Å². The fourth-order valence-corrected chi connectivity index (χ4v) is 1.22. The molecule has 3 heteroatoms. The molecule has 3 nitrogen and oxygen atoms in total. The molecule has 0 aliphatic rings. The predicted molar refractivity (Wildman–Crippen MR) is 48.1 cm³/mol. The van der Waals surface area contributed by atoms with Gasteiger partial charge in [0.2, 0.25) is 0 Å². The highest BCUT2D eigenvalue weighted by molar-refractivity contribution is 5.16. The summed E-state index contributed by atoms with van der Waals surface area (Å²) < 4.78 is 5.50. The lowest BCUT2D eigenvalue weighted by molar-refractivity contribution is 0.331. The summed E-state index contributed by atoms with van der Waals surface area (Å²) in [5.74, 6) is 1.65. The van der Waals surface area contributed by atoms with Gasteiger partial charge in [0.1, 0.15) is 5.76 Å². The van der Waals surface area contributed by atoms with E-state index >= 15 is 0 Å². The number of oxazole rings is 1. The van der Waals surface area contributed by atoms with Gasteiger partial charge in [-0.15, -0.1) is 0 Å². The molecule has 0 unspecified atom stereocenters. The molecule has 1 rings (SSSR count). The monoisotopic (exact) mass is 168 g/mol. The molecule has 0 aromatic carbocycles. The maximum atomic E-state index is 5.50. The van der Waals surface area contributed by atoms with Crippen LogP contribution in [0.3, 0.4) is 0 Å². The third-order valence-corrected chi connectivity index (χ3v) is 2.10. The van der Waals surface area contributed by atoms with Crippen molar-refractivity contribution in [2.45, 2.75) is 33.2 Å². The molecule has 0 amide bonds. The molecule has 0 radical (unpaired) electrons. The molecule has 0 bridgehead atoms. The van der Waals surface area contributed by atoms with Gasteiger partial charge in [-0.2, -0.15) is 0 Å². The number of hydrogen-bond acceptors (Lipinski definition) is 3. The summed E-state index contributed by atoms with van der Waals surface area (Å²) in [4.78, 5) is 4.22. The average molecular weight is 168 g/mol. The van der Waals surface area contributed by atoms with Gasteiger partial charge in [0, 0.05) is 6.92 Å². The summed E-state index contributed by atoms with van der Waals surface area (Å²) >= 11 is 0. The van der Waals surface area contributed by atoms with E-state index in [-0.39, 0.29) is 5.54 Å². The van der Waals surface area contributed by atoms with Crippen LogP contribution in [-0.2, 0) is 5.54 Å². The van der Waals surface area contributed by atoms with Gasteiger partial charge in [0.25, 0.3) is 0 Å². The van der Waals surface area contributed by atoms with E-state index in [4.69, 9.17) is 4.42 Å². The Kier molecular flexibility index (Phi) is 2.24. The standard InChI is InChI=1S/C9H16N2O/c1-6-8(9(3,4)10-5)12-7(2)11-6/h10H,1-5H3. The van der Waals surface area contributed by atoms with Crippen LogP contribution in [0.1, 0.15) is 31.2 Å². The van der Waals surface area contributed by atoms with Gasteiger partial charge in [-0.25, -0.2) is 4.98 Å². The molecular formula is C9H16N2O. The molecule has 1 heterocycles. The summed E-state index contributed by atoms with van der Waals surface area (Å²) in [6.45, 7) is 7.97. The molecular weight excluding hydrogens is 152 g/mol. The van der Waals surface area contributed by atoms with Gasteiger partial charge in [-0.05, 0) is 27.8 Å². The van der Waals surface area contributed by atoms with Crippen LogP contribution in [-0.4, -0.2) is 12.0 Å². The van der Waals surface area contributed by atoms with E-state index in [1.807, 2.05) is 20.9 Å². The second kappa shape index (κ2) is 2.90. The minimum absolute atomic E-state index is 0.134. The van der Waals surface area contributed by atoms with Crippen molar-refractivity contribution in [3.63, 3.8) is 0 Å². The molecule has 0 aliphatic carbocycles. The van der Waals surface area contributed by atoms with Crippen molar-refractivity contribution < 1.29 is 4.42 Å². The Hall–Kier alpha value is -0.830. The Morgan fingerprint density at radius 1 is 1.33 bits per heavy atom. The van der Waals surface area contributed by atoms with Crippen LogP contribution in [0.4, 0.5) is 0 Å². The molecule has 68 valence electrons. The summed E-state index contributed by atoms with van der Waals surface area (Å²) in [6.07, 6.45) is 0. The normalized spacial score (nSPS) is 12.1. The smallest absolute Gasteiger partial charge is 0.191 e. The van der Waals surface area contributed by atoms with Crippen LogP contribution in [0.2, 0.25) is 0 Å². The summed E-state index contributed by atoms with van der Waals surface area (Å²) in [5, 5.41) is 3.18. The summed E-state index contributed by atoms with van der Waals surface area (Å²) in [5.41, 5.74) is 0.831. The van der Waals surface area contributed by atoms with Gasteiger partial charge in [-0.3, -0.25) is 0 Å². The fourth-order valence-electron chi connectivity index (χ4n) is 1.22. The lowest BCUT2D eigenvalue weighted by Crippen LogP contribution is -2.33. The van der Waals surface area contributed by atoms with Crippen molar-refractivity contribution in [1.82, 2.24) is 10.3 Å². The Bertz CT molecular complexity index is 276. The zero-order chi connectivity index (χ0) is 9.35. The quantitative estimate of drug-likeness (QED) is 0.731. The zero-order valence-electron chi connectivity index (χ0n) is 8.36. The van der Waals surface area contributed by atoms with Crippen LogP contribution in [0, 0.1) is 13.8 Å². The van der Waals surface area contributed by atoms with Crippen molar-refractivity contribution in [2.24, 2.45) is 0 Å². The van der Waals surface area contributed by atoms with Gasteiger partial charge in [0.05, 0.1) is 11.2 Å². The van der Waals surface area contributed by atoms with E-state index in [0.717, 1.165) is 17.3 Å². The highest BCUT2D eigenvalue weighted by Crippen LogP contribution is 2.23. The fraction of sp³-hybridized carbons (Fsp3) is 0.667. The lowest BCUT2D eigenvalue weighted by atomic mass is 10.0. The highest BCUT2D eigenvalue weighted by Gasteiger charge is 2.25. The second-order valence-electron chi connectivity index (χ2n) is 3.52. The first-order valence-corrected chi connectivity index (χ1v) is 4.11. The maximum absolute atomic E-state index is 5.50. The minimum atomic E-state index is -0.134. The largest absolute Gasteiger partial charge is 0.444 e. The van der Waals surface area contributed by atoms with Crippen LogP contribution in [0.25, 0.3) is 0 Å². The summed E-state index contributed by atoms with van der Waals surface area (Å²) in [6, 6.07) is 0. The van der Waals surface area contributed by atoms with E-state index in [1.165, 1.54) is 0 Å². The molecule has 1 aromatic heterocycles. The topological polar surface area (TPSA) is 38.1 Å². The van der Waals surface area contributed by atoms with E-state index in [2.05, 4.69) is 24.1 Å². The predicted octanol–water partition coefficient (Wildman–Crippen LogP) is 1.75. The Labute approximate surface area is 73.2 Å². The van der Waals surface area contributed by atoms with Crippen LogP contribution < -0.4 is 5.32 Å². The molecule has 0 spiro atoms. The SMILES string of the molecule is CNC(C)(C)c1oc(C)nc1C. The third-order valence-electron chi connectivity index (χ3n) is 2.10. The van der Waals surface area contributed by atoms with Crippen LogP contribution >= 0.6 is 0 Å². The van der Waals surface area contributed by atoms with Crippen molar-refractivity contribution >= 4 is 0 Å². The number of nitrogens with one attached hydrogen (secondary N) is 1. The van der Waals surface area contributed by atoms with E-state index < -0.39 is 0 Å². The van der Waals surface area contributed by atoms with Crippen LogP contribution in [0.15, 0.2) is 4.42 Å². The molecule has 0 aliphatic heterocycles. The number of nitrogens with zero attached hydrogens (tertiary/aromatic N) is 1. The first kappa shape index (κ1) is 9.26. The van der Waals surface area contributed by atoms with E-state index in [0.29, 0.717) is 0 Å². The van der Waals surface area contributed by atoms with Gasteiger partial charge in [0.15, 0.2) is 5.89 Å². The molecule has 0 saturated heterocycles. The lowest BCUT2D eigenvalue weighted by Gasteiger charge is -2.21. The molecule has 0 atom stereocenters.